The summed E-state index contributed by atoms with van der Waals surface area (Å²) < 4.78 is 11.0. The van der Waals surface area contributed by atoms with Crippen molar-refractivity contribution in [2.75, 3.05) is 38.2 Å². The molecule has 1 fully saturated rings. The number of methoxy groups -OCH3 is 1. The minimum atomic E-state index is -0.583. The summed E-state index contributed by atoms with van der Waals surface area (Å²) in [6.07, 6.45) is 0.994. The van der Waals surface area contributed by atoms with Crippen molar-refractivity contribution in [1.29, 1.82) is 0 Å². The number of nitrogens with zero attached hydrogens (tertiary/aromatic N) is 4. The number of ether oxygens (including phenoxy) is 2. The van der Waals surface area contributed by atoms with Gasteiger partial charge in [0.05, 0.1) is 12.8 Å². The first-order chi connectivity index (χ1) is 15.5. The summed E-state index contributed by atoms with van der Waals surface area (Å²) in [6, 6.07) is 16.8. The zero-order chi connectivity index (χ0) is 22.5. The van der Waals surface area contributed by atoms with Crippen LogP contribution < -0.4 is 14.4 Å². The quantitative estimate of drug-likeness (QED) is 0.564. The van der Waals surface area contributed by atoms with Crippen LogP contribution in [0.4, 0.5) is 5.82 Å². The Hall–Kier alpha value is -3.32. The second-order valence-corrected chi connectivity index (χ2v) is 7.96. The second kappa shape index (κ2) is 9.87. The van der Waals surface area contributed by atoms with Crippen molar-refractivity contribution in [2.24, 2.45) is 0 Å². The summed E-state index contributed by atoms with van der Waals surface area (Å²) in [5.41, 5.74) is 1.84. The molecule has 4 rings (SSSR count). The molecule has 0 bridgehead atoms. The van der Waals surface area contributed by atoms with Crippen LogP contribution in [0.15, 0.2) is 60.9 Å². The van der Waals surface area contributed by atoms with Crippen LogP contribution in [0.3, 0.4) is 0 Å². The Labute approximate surface area is 192 Å². The van der Waals surface area contributed by atoms with E-state index < -0.39 is 6.10 Å². The third-order valence-electron chi connectivity index (χ3n) is 5.41. The largest absolute Gasteiger partial charge is 0.497 e. The predicted molar refractivity (Wildman–Crippen MR) is 124 cm³/mol. The van der Waals surface area contributed by atoms with Crippen molar-refractivity contribution in [2.45, 2.75) is 13.0 Å². The van der Waals surface area contributed by atoms with E-state index in [1.165, 1.54) is 0 Å². The van der Waals surface area contributed by atoms with E-state index in [9.17, 15) is 4.79 Å². The Balaban J connectivity index is 1.36. The SMILES string of the molecule is COc1ccc(-c2cc(N3CCN(C(=O)C(C)Oc4cccc(Cl)c4)CC3)ncn2)cc1. The number of hydrogen-bond donors (Lipinski definition) is 0. The molecule has 32 heavy (non-hydrogen) atoms. The van der Waals surface area contributed by atoms with E-state index in [1.807, 2.05) is 35.2 Å². The number of piperazine rings is 1. The molecule has 2 heterocycles. The molecule has 0 N–H and O–H groups in total. The molecule has 1 amide bonds. The standard InChI is InChI=1S/C24H25ClN4O3/c1-17(32-21-5-3-4-19(25)14-21)24(30)29-12-10-28(11-13-29)23-15-22(26-16-27-23)18-6-8-20(31-2)9-7-18/h3-9,14-17H,10-13H2,1-2H3. The van der Waals surface area contributed by atoms with E-state index in [2.05, 4.69) is 14.9 Å². The van der Waals surface area contributed by atoms with Gasteiger partial charge in [-0.15, -0.1) is 0 Å². The van der Waals surface area contributed by atoms with Crippen LogP contribution in [0, 0.1) is 0 Å². The lowest BCUT2D eigenvalue weighted by Gasteiger charge is -2.36. The summed E-state index contributed by atoms with van der Waals surface area (Å²) in [6.45, 7) is 4.35. The van der Waals surface area contributed by atoms with Crippen molar-refractivity contribution in [3.8, 4) is 22.8 Å². The number of hydrogen-bond acceptors (Lipinski definition) is 6. The van der Waals surface area contributed by atoms with Gasteiger partial charge in [-0.25, -0.2) is 9.97 Å². The van der Waals surface area contributed by atoms with E-state index in [0.717, 1.165) is 22.8 Å². The smallest absolute Gasteiger partial charge is 0.263 e. The average molecular weight is 453 g/mol. The fourth-order valence-corrected chi connectivity index (χ4v) is 3.83. The van der Waals surface area contributed by atoms with Gasteiger partial charge in [0.2, 0.25) is 0 Å². The molecular weight excluding hydrogens is 428 g/mol. The van der Waals surface area contributed by atoms with Gasteiger partial charge in [0, 0.05) is 42.8 Å². The van der Waals surface area contributed by atoms with Crippen LogP contribution in [-0.4, -0.2) is 60.2 Å². The van der Waals surface area contributed by atoms with E-state index in [1.54, 1.807) is 44.6 Å². The monoisotopic (exact) mass is 452 g/mol. The fourth-order valence-electron chi connectivity index (χ4n) is 3.65. The molecule has 1 saturated heterocycles. The molecule has 0 aliphatic carbocycles. The maximum atomic E-state index is 12.8. The molecule has 0 radical (unpaired) electrons. The van der Waals surface area contributed by atoms with Gasteiger partial charge in [-0.05, 0) is 49.4 Å². The van der Waals surface area contributed by atoms with Gasteiger partial charge in [-0.3, -0.25) is 4.79 Å². The maximum absolute atomic E-state index is 12.8. The molecule has 1 atom stereocenters. The Bertz CT molecular complexity index is 1070. The highest BCUT2D eigenvalue weighted by molar-refractivity contribution is 6.30. The van der Waals surface area contributed by atoms with Crippen molar-refractivity contribution in [3.63, 3.8) is 0 Å². The Morgan fingerprint density at radius 3 is 2.44 bits per heavy atom. The van der Waals surface area contributed by atoms with Crippen LogP contribution in [0.5, 0.6) is 11.5 Å². The molecule has 1 unspecified atom stereocenters. The van der Waals surface area contributed by atoms with Gasteiger partial charge in [-0.2, -0.15) is 0 Å². The molecule has 1 aliphatic heterocycles. The lowest BCUT2D eigenvalue weighted by molar-refractivity contribution is -0.138. The van der Waals surface area contributed by atoms with Crippen LogP contribution in [-0.2, 0) is 4.79 Å². The number of carbonyl (C=O) groups excluding carboxylic acids is 1. The normalized spacial score (nSPS) is 14.7. The molecule has 0 saturated carbocycles. The van der Waals surface area contributed by atoms with Crippen molar-refractivity contribution in [1.82, 2.24) is 14.9 Å². The summed E-state index contributed by atoms with van der Waals surface area (Å²) in [4.78, 5) is 25.7. The van der Waals surface area contributed by atoms with Crippen molar-refractivity contribution < 1.29 is 14.3 Å². The Morgan fingerprint density at radius 2 is 1.75 bits per heavy atom. The highest BCUT2D eigenvalue weighted by Gasteiger charge is 2.26. The molecular formula is C24H25ClN4O3. The van der Waals surface area contributed by atoms with Crippen molar-refractivity contribution >= 4 is 23.3 Å². The first kappa shape index (κ1) is 21.9. The summed E-state index contributed by atoms with van der Waals surface area (Å²) in [5, 5.41) is 0.578. The number of rotatable bonds is 6. The second-order valence-electron chi connectivity index (χ2n) is 7.52. The summed E-state index contributed by atoms with van der Waals surface area (Å²) >= 11 is 6.00. The summed E-state index contributed by atoms with van der Waals surface area (Å²) in [7, 11) is 1.65. The van der Waals surface area contributed by atoms with Crippen LogP contribution >= 0.6 is 11.6 Å². The van der Waals surface area contributed by atoms with E-state index in [4.69, 9.17) is 21.1 Å². The van der Waals surface area contributed by atoms with Crippen LogP contribution in [0.2, 0.25) is 5.02 Å². The number of anilines is 1. The van der Waals surface area contributed by atoms with Gasteiger partial charge in [0.15, 0.2) is 6.10 Å². The maximum Gasteiger partial charge on any atom is 0.263 e. The average Bonchev–Trinajstić information content (AvgIpc) is 2.84. The molecule has 3 aromatic rings. The zero-order valence-corrected chi connectivity index (χ0v) is 18.8. The zero-order valence-electron chi connectivity index (χ0n) is 18.1. The number of aromatic nitrogens is 2. The highest BCUT2D eigenvalue weighted by Crippen LogP contribution is 2.24. The molecule has 0 spiro atoms. The summed E-state index contributed by atoms with van der Waals surface area (Å²) in [5.74, 6) is 2.20. The van der Waals surface area contributed by atoms with Gasteiger partial charge in [0.25, 0.3) is 5.91 Å². The predicted octanol–water partition coefficient (Wildman–Crippen LogP) is 3.92. The van der Waals surface area contributed by atoms with Crippen molar-refractivity contribution in [3.05, 3.63) is 65.9 Å². The molecule has 1 aliphatic rings. The van der Waals surface area contributed by atoms with Gasteiger partial charge >= 0.3 is 0 Å². The highest BCUT2D eigenvalue weighted by atomic mass is 35.5. The Kier molecular flexibility index (Phi) is 6.75. The molecule has 7 nitrogen and oxygen atoms in total. The lowest BCUT2D eigenvalue weighted by atomic mass is 10.1. The number of carbonyl (C=O) groups is 1. The fraction of sp³-hybridized carbons (Fsp3) is 0.292. The van der Waals surface area contributed by atoms with Gasteiger partial charge in [0.1, 0.15) is 23.6 Å². The van der Waals surface area contributed by atoms with Gasteiger partial charge in [-0.1, -0.05) is 17.7 Å². The Morgan fingerprint density at radius 1 is 1.00 bits per heavy atom. The topological polar surface area (TPSA) is 67.8 Å². The minimum absolute atomic E-state index is 0.0359. The molecule has 166 valence electrons. The number of amides is 1. The van der Waals surface area contributed by atoms with Crippen LogP contribution in [0.25, 0.3) is 11.3 Å². The first-order valence-corrected chi connectivity index (χ1v) is 10.8. The first-order valence-electron chi connectivity index (χ1n) is 10.5. The van der Waals surface area contributed by atoms with Crippen LogP contribution in [0.1, 0.15) is 6.92 Å². The molecule has 2 aromatic carbocycles. The van der Waals surface area contributed by atoms with E-state index in [-0.39, 0.29) is 5.91 Å². The number of halogens is 1. The molecule has 8 heteroatoms. The minimum Gasteiger partial charge on any atom is -0.497 e. The third kappa shape index (κ3) is 5.11. The lowest BCUT2D eigenvalue weighted by Crippen LogP contribution is -2.52. The third-order valence-corrected chi connectivity index (χ3v) is 5.65. The van der Waals surface area contributed by atoms with E-state index in [0.29, 0.717) is 37.0 Å². The van der Waals surface area contributed by atoms with Gasteiger partial charge < -0.3 is 19.3 Å². The number of benzene rings is 2. The van der Waals surface area contributed by atoms with E-state index >= 15 is 0 Å². The molecule has 1 aromatic heterocycles.